The fraction of sp³-hybridized carbons (Fsp3) is 0.318. The molecule has 2 aromatic rings. The van der Waals surface area contributed by atoms with E-state index in [-0.39, 0.29) is 18.3 Å². The van der Waals surface area contributed by atoms with Crippen molar-refractivity contribution in [2.45, 2.75) is 0 Å². The molecule has 3 N–H and O–H groups in total. The Labute approximate surface area is 197 Å². The summed E-state index contributed by atoms with van der Waals surface area (Å²) < 4.78 is 5.46. The molecule has 0 radical (unpaired) electrons. The molecule has 1 atom stereocenters. The maximum atomic E-state index is 12.2. The van der Waals surface area contributed by atoms with E-state index in [0.29, 0.717) is 46.8 Å². The number of ether oxygens (including phenoxy) is 1. The average Bonchev–Trinajstić information content (AvgIpc) is 3.10. The molecule has 1 unspecified atom stereocenters. The molecule has 0 saturated carbocycles. The van der Waals surface area contributed by atoms with Crippen molar-refractivity contribution in [1.82, 2.24) is 16.1 Å². The molecule has 1 aliphatic rings. The van der Waals surface area contributed by atoms with Crippen LogP contribution in [0.4, 0.5) is 0 Å². The van der Waals surface area contributed by atoms with Crippen LogP contribution in [0.2, 0.25) is 10.0 Å². The molecule has 3 rings (SSSR count). The third-order valence-electron chi connectivity index (χ3n) is 4.43. The van der Waals surface area contributed by atoms with Crippen LogP contribution in [0.5, 0.6) is 0 Å². The second-order valence-electron chi connectivity index (χ2n) is 6.73. The Kier molecular flexibility index (Phi) is 11.5. The second-order valence-corrected chi connectivity index (χ2v) is 7.55. The summed E-state index contributed by atoms with van der Waals surface area (Å²) in [6.45, 7) is 3.86. The van der Waals surface area contributed by atoms with Gasteiger partial charge in [-0.05, 0) is 24.3 Å². The van der Waals surface area contributed by atoms with Gasteiger partial charge in [0.25, 0.3) is 5.91 Å². The van der Waals surface area contributed by atoms with E-state index in [1.165, 1.54) is 0 Å². The molecule has 8 nitrogen and oxygen atoms in total. The molecule has 1 amide bonds. The van der Waals surface area contributed by atoms with E-state index in [9.17, 15) is 9.59 Å². The van der Waals surface area contributed by atoms with Crippen LogP contribution in [0.15, 0.2) is 53.5 Å². The zero-order valence-electron chi connectivity index (χ0n) is 17.6. The fourth-order valence-corrected chi connectivity index (χ4v) is 3.03. The van der Waals surface area contributed by atoms with Gasteiger partial charge in [0.1, 0.15) is 0 Å². The van der Waals surface area contributed by atoms with Crippen LogP contribution < -0.4 is 16.1 Å². The monoisotopic (exact) mass is 480 g/mol. The van der Waals surface area contributed by atoms with Crippen LogP contribution in [0.3, 0.4) is 0 Å². The first kappa shape index (κ1) is 25.6. The van der Waals surface area contributed by atoms with Gasteiger partial charge in [-0.1, -0.05) is 47.5 Å². The van der Waals surface area contributed by atoms with Gasteiger partial charge in [-0.25, -0.2) is 5.48 Å². The maximum absolute atomic E-state index is 12.2. The van der Waals surface area contributed by atoms with E-state index in [1.807, 2.05) is 12.1 Å². The van der Waals surface area contributed by atoms with Gasteiger partial charge in [-0.2, -0.15) is 0 Å². The number of hydrogen-bond acceptors (Lipinski definition) is 6. The van der Waals surface area contributed by atoms with Gasteiger partial charge in [-0.3, -0.25) is 14.6 Å². The Hall–Kier alpha value is -2.65. The molecular formula is C22H26Cl2N4O4. The van der Waals surface area contributed by atoms with Crippen LogP contribution in [0, 0.1) is 5.92 Å². The standard InChI is InChI=1S/C16H22N4O4.C6H4Cl2/c1-17-15(20-24-11-21)13-2-4-14(5-3-13)16(22)19-9-12-8-18-6-7-23-10-12;7-5-3-1-2-4-6(5)8/h2-5,11-12,18H,6-10H2,1H3,(H,17,20)(H,19,22);1-4H. The lowest BCUT2D eigenvalue weighted by Gasteiger charge is -2.14. The van der Waals surface area contributed by atoms with Crippen LogP contribution in [-0.4, -0.2) is 58.1 Å². The molecule has 0 aromatic heterocycles. The Morgan fingerprint density at radius 1 is 1.19 bits per heavy atom. The third kappa shape index (κ3) is 8.84. The zero-order valence-corrected chi connectivity index (χ0v) is 19.2. The molecule has 1 aliphatic heterocycles. The number of amides is 1. The predicted molar refractivity (Wildman–Crippen MR) is 125 cm³/mol. The summed E-state index contributed by atoms with van der Waals surface area (Å²) in [7, 11) is 1.57. The minimum Gasteiger partial charge on any atom is -0.380 e. The van der Waals surface area contributed by atoms with E-state index in [2.05, 4.69) is 25.9 Å². The van der Waals surface area contributed by atoms with Crippen LogP contribution in [0.1, 0.15) is 15.9 Å². The van der Waals surface area contributed by atoms with Crippen molar-refractivity contribution in [2.75, 3.05) is 39.9 Å². The molecule has 2 aromatic carbocycles. The summed E-state index contributed by atoms with van der Waals surface area (Å²) in [5.74, 6) is 0.521. The first-order valence-corrected chi connectivity index (χ1v) is 10.7. The summed E-state index contributed by atoms with van der Waals surface area (Å²) in [4.78, 5) is 30.9. The van der Waals surface area contributed by atoms with Gasteiger partial charge < -0.3 is 20.2 Å². The number of hydrogen-bond donors (Lipinski definition) is 3. The Balaban J connectivity index is 0.000000380. The summed E-state index contributed by atoms with van der Waals surface area (Å²) in [6.07, 6.45) is 0. The van der Waals surface area contributed by atoms with Gasteiger partial charge in [0.15, 0.2) is 5.84 Å². The largest absolute Gasteiger partial charge is 0.380 e. The molecule has 0 aliphatic carbocycles. The Morgan fingerprint density at radius 2 is 1.84 bits per heavy atom. The first-order valence-electron chi connectivity index (χ1n) is 9.94. The van der Waals surface area contributed by atoms with Crippen molar-refractivity contribution in [1.29, 1.82) is 0 Å². The van der Waals surface area contributed by atoms with Crippen molar-refractivity contribution in [3.63, 3.8) is 0 Å². The topological polar surface area (TPSA) is 101 Å². The van der Waals surface area contributed by atoms with E-state index < -0.39 is 0 Å². The number of carbonyl (C=O) groups excluding carboxylic acids is 2. The summed E-state index contributed by atoms with van der Waals surface area (Å²) in [6, 6.07) is 14.0. The molecule has 0 bridgehead atoms. The van der Waals surface area contributed by atoms with Gasteiger partial charge >= 0.3 is 6.47 Å². The molecular weight excluding hydrogens is 455 g/mol. The summed E-state index contributed by atoms with van der Waals surface area (Å²) in [5.41, 5.74) is 3.67. The molecule has 1 fully saturated rings. The van der Waals surface area contributed by atoms with Crippen molar-refractivity contribution < 1.29 is 19.2 Å². The van der Waals surface area contributed by atoms with Gasteiger partial charge in [0.2, 0.25) is 0 Å². The number of benzene rings is 2. The Bertz CT molecular complexity index is 865. The smallest absolute Gasteiger partial charge is 0.320 e. The second kappa shape index (κ2) is 14.4. The number of hydroxylamine groups is 1. The quantitative estimate of drug-likeness (QED) is 0.254. The van der Waals surface area contributed by atoms with Crippen LogP contribution in [0.25, 0.3) is 0 Å². The molecule has 1 heterocycles. The van der Waals surface area contributed by atoms with Crippen LogP contribution >= 0.6 is 23.2 Å². The highest BCUT2D eigenvalue weighted by atomic mass is 35.5. The number of nitrogens with zero attached hydrogens (tertiary/aromatic N) is 1. The van der Waals surface area contributed by atoms with Crippen molar-refractivity contribution in [3.05, 3.63) is 69.7 Å². The lowest BCUT2D eigenvalue weighted by Crippen LogP contribution is -2.35. The van der Waals surface area contributed by atoms with Crippen molar-refractivity contribution >= 4 is 41.4 Å². The average molecular weight is 481 g/mol. The minimum absolute atomic E-state index is 0.141. The van der Waals surface area contributed by atoms with Gasteiger partial charge in [0, 0.05) is 43.7 Å². The van der Waals surface area contributed by atoms with E-state index in [0.717, 1.165) is 13.1 Å². The fourth-order valence-electron chi connectivity index (χ4n) is 2.76. The summed E-state index contributed by atoms with van der Waals surface area (Å²) >= 11 is 11.2. The predicted octanol–water partition coefficient (Wildman–Crippen LogP) is 2.70. The molecule has 0 spiro atoms. The van der Waals surface area contributed by atoms with Crippen molar-refractivity contribution in [2.24, 2.45) is 10.9 Å². The van der Waals surface area contributed by atoms with Gasteiger partial charge in [0.05, 0.1) is 23.3 Å². The highest BCUT2D eigenvalue weighted by Crippen LogP contribution is 2.19. The third-order valence-corrected chi connectivity index (χ3v) is 5.19. The first-order chi connectivity index (χ1) is 15.5. The SMILES string of the molecule is CN=C(NOC=O)c1ccc(C(=O)NCC2CNCCOC2)cc1.Clc1ccccc1Cl. The van der Waals surface area contributed by atoms with E-state index >= 15 is 0 Å². The number of halogens is 2. The van der Waals surface area contributed by atoms with E-state index in [1.54, 1.807) is 43.4 Å². The maximum Gasteiger partial charge on any atom is 0.320 e. The lowest BCUT2D eigenvalue weighted by molar-refractivity contribution is -0.132. The number of aliphatic imine (C=N–C) groups is 1. The number of carbonyl (C=O) groups is 2. The number of amidine groups is 1. The van der Waals surface area contributed by atoms with Crippen molar-refractivity contribution in [3.8, 4) is 0 Å². The highest BCUT2D eigenvalue weighted by Gasteiger charge is 2.14. The molecule has 10 heteroatoms. The van der Waals surface area contributed by atoms with E-state index in [4.69, 9.17) is 27.9 Å². The van der Waals surface area contributed by atoms with Crippen LogP contribution in [-0.2, 0) is 14.4 Å². The minimum atomic E-state index is -0.141. The van der Waals surface area contributed by atoms with Gasteiger partial charge in [-0.15, -0.1) is 0 Å². The highest BCUT2D eigenvalue weighted by molar-refractivity contribution is 6.41. The summed E-state index contributed by atoms with van der Waals surface area (Å²) in [5, 5.41) is 7.40. The Morgan fingerprint density at radius 3 is 2.44 bits per heavy atom. The number of nitrogens with one attached hydrogen (secondary N) is 3. The normalized spacial score (nSPS) is 16.1. The number of rotatable bonds is 6. The lowest BCUT2D eigenvalue weighted by atomic mass is 10.1. The molecule has 1 saturated heterocycles. The zero-order chi connectivity index (χ0) is 23.2. The molecule has 32 heavy (non-hydrogen) atoms. The molecule has 172 valence electrons.